The van der Waals surface area contributed by atoms with Crippen molar-refractivity contribution in [2.45, 2.75) is 161 Å². The predicted octanol–water partition coefficient (Wildman–Crippen LogP) is 11.1. The normalized spacial score (nSPS) is 14.3. The van der Waals surface area contributed by atoms with Gasteiger partial charge in [0.1, 0.15) is 19.8 Å². The van der Waals surface area contributed by atoms with Crippen molar-refractivity contribution < 1.29 is 42.1 Å². The molecule has 0 radical (unpaired) electrons. The van der Waals surface area contributed by atoms with Crippen LogP contribution in [0.25, 0.3) is 0 Å². The number of rotatable bonds is 37. The van der Waals surface area contributed by atoms with Gasteiger partial charge in [0.15, 0.2) is 6.10 Å². The lowest BCUT2D eigenvalue weighted by atomic mass is 10.1. The van der Waals surface area contributed by atoms with E-state index < -0.39 is 32.5 Å². The third-order valence-corrected chi connectivity index (χ3v) is 9.49. The molecule has 0 heterocycles. The number of likely N-dealkylation sites (N-methyl/N-ethyl adjacent to an activating group) is 1. The van der Waals surface area contributed by atoms with Gasteiger partial charge in [-0.05, 0) is 77.0 Å². The number of phosphoric ester groups is 1. The van der Waals surface area contributed by atoms with Gasteiger partial charge < -0.3 is 27.9 Å². The Morgan fingerprint density at radius 2 is 1.06 bits per heavy atom. The minimum absolute atomic E-state index is 0.0399. The molecule has 0 bridgehead atoms. The average Bonchev–Trinajstić information content (AvgIpc) is 3.12. The molecule has 9 nitrogen and oxygen atoms in total. The molecule has 2 unspecified atom stereocenters. The smallest absolute Gasteiger partial charge is 0.306 e. The molecule has 0 aromatic rings. The van der Waals surface area contributed by atoms with Crippen molar-refractivity contribution in [2.75, 3.05) is 47.5 Å². The van der Waals surface area contributed by atoms with E-state index in [1.54, 1.807) is 0 Å². The summed E-state index contributed by atoms with van der Waals surface area (Å²) in [6, 6.07) is 0. The molecule has 0 saturated carbocycles. The van der Waals surface area contributed by atoms with Crippen LogP contribution in [0.15, 0.2) is 60.8 Å². The van der Waals surface area contributed by atoms with Crippen molar-refractivity contribution in [2.24, 2.45) is 0 Å². The van der Waals surface area contributed by atoms with Gasteiger partial charge in [0.25, 0.3) is 7.82 Å². The van der Waals surface area contributed by atoms with E-state index in [0.29, 0.717) is 23.9 Å². The maximum Gasteiger partial charge on any atom is 0.306 e. The molecule has 10 heteroatoms. The van der Waals surface area contributed by atoms with Crippen molar-refractivity contribution in [1.29, 1.82) is 0 Å². The summed E-state index contributed by atoms with van der Waals surface area (Å²) in [6.07, 6.45) is 42.4. The SMILES string of the molecule is CC/C=C\C/C=C\C/C=C\C/C=C\CCCCCCC(=O)OC(COC(=O)CCCCCCC/C=C\CCCCCC)COP(=O)([O-])OCC[N+](C)(C)C. The molecule has 0 aliphatic heterocycles. The Kier molecular flexibility index (Phi) is 34.8. The number of hydrogen-bond acceptors (Lipinski definition) is 8. The van der Waals surface area contributed by atoms with Crippen LogP contribution in [0.3, 0.4) is 0 Å². The molecule has 0 N–H and O–H groups in total. The first-order valence-corrected chi connectivity index (χ1v) is 22.5. The molecule has 54 heavy (non-hydrogen) atoms. The molecule has 0 fully saturated rings. The molecule has 0 aromatic heterocycles. The van der Waals surface area contributed by atoms with Crippen LogP contribution < -0.4 is 4.89 Å². The van der Waals surface area contributed by atoms with E-state index in [1.807, 2.05) is 21.1 Å². The lowest BCUT2D eigenvalue weighted by molar-refractivity contribution is -0.870. The van der Waals surface area contributed by atoms with Crippen LogP contribution in [0.1, 0.15) is 155 Å². The summed E-state index contributed by atoms with van der Waals surface area (Å²) in [6.45, 7) is 4.04. The van der Waals surface area contributed by atoms with Gasteiger partial charge in [0.05, 0.1) is 27.7 Å². The Balaban J connectivity index is 4.46. The molecule has 0 rings (SSSR count). The number of ether oxygens (including phenoxy) is 2. The van der Waals surface area contributed by atoms with E-state index >= 15 is 0 Å². The Bertz CT molecular complexity index is 1110. The number of unbranched alkanes of at least 4 members (excludes halogenated alkanes) is 13. The number of esters is 2. The Hall–Kier alpha value is -2.29. The average molecular weight is 780 g/mol. The fourth-order valence-electron chi connectivity index (χ4n) is 5.23. The number of nitrogens with zero attached hydrogens (tertiary/aromatic N) is 1. The predicted molar refractivity (Wildman–Crippen MR) is 222 cm³/mol. The molecule has 0 aromatic carbocycles. The number of carbonyl (C=O) groups is 2. The highest BCUT2D eigenvalue weighted by Crippen LogP contribution is 2.38. The van der Waals surface area contributed by atoms with Crippen LogP contribution in [-0.2, 0) is 32.7 Å². The summed E-state index contributed by atoms with van der Waals surface area (Å²) in [5, 5.41) is 0. The van der Waals surface area contributed by atoms with Crippen molar-refractivity contribution in [3.63, 3.8) is 0 Å². The zero-order valence-electron chi connectivity index (χ0n) is 34.9. The second-order valence-corrected chi connectivity index (χ2v) is 16.4. The molecule has 0 aliphatic rings. The molecule has 2 atom stereocenters. The highest BCUT2D eigenvalue weighted by atomic mass is 31.2. The second kappa shape index (κ2) is 36.4. The lowest BCUT2D eigenvalue weighted by Crippen LogP contribution is -2.37. The maximum absolute atomic E-state index is 12.6. The third-order valence-electron chi connectivity index (χ3n) is 8.52. The van der Waals surface area contributed by atoms with Crippen LogP contribution in [0.4, 0.5) is 0 Å². The number of allylic oxidation sites excluding steroid dienone is 10. The number of quaternary nitrogens is 1. The van der Waals surface area contributed by atoms with Gasteiger partial charge in [-0.15, -0.1) is 0 Å². The van der Waals surface area contributed by atoms with Crippen molar-refractivity contribution in [3.8, 4) is 0 Å². The summed E-state index contributed by atoms with van der Waals surface area (Å²) in [5.74, 6) is -0.878. The lowest BCUT2D eigenvalue weighted by Gasteiger charge is -2.28. The van der Waals surface area contributed by atoms with Crippen LogP contribution in [0.5, 0.6) is 0 Å². The standard InChI is InChI=1S/C44H78NO8P/c1-6-8-10-12-14-16-18-20-21-22-23-25-27-29-31-33-35-37-44(47)53-42(41-52-54(48,49)51-39-38-45(3,4)5)40-50-43(46)36-34-32-30-28-26-24-19-17-15-13-11-9-7-2/h8,10,14,16-17,19-21,23,25,42H,6-7,9,11-13,15,18,22,24,26-41H2,1-5H3/b10-8-,16-14-,19-17-,21-20-,25-23-. The Morgan fingerprint density at radius 1 is 0.593 bits per heavy atom. The first-order valence-electron chi connectivity index (χ1n) is 21.0. The summed E-state index contributed by atoms with van der Waals surface area (Å²) < 4.78 is 33.8. The molecular weight excluding hydrogens is 701 g/mol. The molecular formula is C44H78NO8P. The van der Waals surface area contributed by atoms with E-state index in [9.17, 15) is 19.0 Å². The molecule has 0 spiro atoms. The minimum Gasteiger partial charge on any atom is -0.756 e. The highest BCUT2D eigenvalue weighted by molar-refractivity contribution is 7.45. The van der Waals surface area contributed by atoms with Crippen LogP contribution in [0.2, 0.25) is 0 Å². The van der Waals surface area contributed by atoms with Gasteiger partial charge in [-0.1, -0.05) is 126 Å². The van der Waals surface area contributed by atoms with Gasteiger partial charge >= 0.3 is 11.9 Å². The maximum atomic E-state index is 12.6. The number of carbonyl (C=O) groups excluding carboxylic acids is 2. The van der Waals surface area contributed by atoms with E-state index in [0.717, 1.165) is 83.5 Å². The second-order valence-electron chi connectivity index (χ2n) is 15.0. The molecule has 0 amide bonds. The molecule has 312 valence electrons. The van der Waals surface area contributed by atoms with Crippen molar-refractivity contribution in [3.05, 3.63) is 60.8 Å². The summed E-state index contributed by atoms with van der Waals surface area (Å²) in [4.78, 5) is 37.4. The van der Waals surface area contributed by atoms with E-state index in [-0.39, 0.29) is 26.1 Å². The third kappa shape index (κ3) is 39.4. The molecule has 0 aliphatic carbocycles. The van der Waals surface area contributed by atoms with Gasteiger partial charge in [-0.25, -0.2) is 0 Å². The number of hydrogen-bond donors (Lipinski definition) is 0. The fraction of sp³-hybridized carbons (Fsp3) is 0.727. The summed E-state index contributed by atoms with van der Waals surface area (Å²) in [5.41, 5.74) is 0. The van der Waals surface area contributed by atoms with Crippen molar-refractivity contribution in [1.82, 2.24) is 0 Å². The van der Waals surface area contributed by atoms with E-state index in [4.69, 9.17) is 18.5 Å². The van der Waals surface area contributed by atoms with Crippen LogP contribution in [0, 0.1) is 0 Å². The van der Waals surface area contributed by atoms with Gasteiger partial charge in [0, 0.05) is 12.8 Å². The molecule has 0 saturated heterocycles. The Labute approximate surface area is 330 Å². The van der Waals surface area contributed by atoms with Gasteiger partial charge in [-0.2, -0.15) is 0 Å². The highest BCUT2D eigenvalue weighted by Gasteiger charge is 2.21. The topological polar surface area (TPSA) is 111 Å². The van der Waals surface area contributed by atoms with Crippen LogP contribution >= 0.6 is 7.82 Å². The van der Waals surface area contributed by atoms with Crippen molar-refractivity contribution >= 4 is 19.8 Å². The van der Waals surface area contributed by atoms with E-state index in [1.165, 1.54) is 32.1 Å². The summed E-state index contributed by atoms with van der Waals surface area (Å²) >= 11 is 0. The Morgan fingerprint density at radius 3 is 1.59 bits per heavy atom. The fourth-order valence-corrected chi connectivity index (χ4v) is 5.96. The number of phosphoric acid groups is 1. The minimum atomic E-state index is -4.63. The first-order chi connectivity index (χ1) is 26.0. The zero-order chi connectivity index (χ0) is 40.0. The first kappa shape index (κ1) is 51.7. The van der Waals surface area contributed by atoms with Gasteiger partial charge in [0.2, 0.25) is 0 Å². The van der Waals surface area contributed by atoms with Crippen LogP contribution in [-0.4, -0.2) is 70.0 Å². The van der Waals surface area contributed by atoms with Gasteiger partial charge in [-0.3, -0.25) is 14.2 Å². The zero-order valence-corrected chi connectivity index (χ0v) is 35.8. The largest absolute Gasteiger partial charge is 0.756 e. The quantitative estimate of drug-likeness (QED) is 0.0201. The summed E-state index contributed by atoms with van der Waals surface area (Å²) in [7, 11) is 1.13. The van der Waals surface area contributed by atoms with E-state index in [2.05, 4.69) is 74.6 Å². The monoisotopic (exact) mass is 780 g/mol.